The number of esters is 1. The summed E-state index contributed by atoms with van der Waals surface area (Å²) in [5, 5.41) is 0.646. The zero-order valence-corrected chi connectivity index (χ0v) is 24.5. The van der Waals surface area contributed by atoms with Gasteiger partial charge in [0.05, 0.1) is 35.6 Å². The Morgan fingerprint density at radius 1 is 1.02 bits per heavy atom. The largest absolute Gasteiger partial charge is 0.490 e. The first-order chi connectivity index (χ1) is 19.9. The lowest BCUT2D eigenvalue weighted by Gasteiger charge is -2.25. The van der Waals surface area contributed by atoms with E-state index in [0.29, 0.717) is 56.8 Å². The Hall–Kier alpha value is -4.14. The summed E-state index contributed by atoms with van der Waals surface area (Å²) in [6.07, 6.45) is 2.33. The third-order valence-electron chi connectivity index (χ3n) is 6.61. The molecule has 0 amide bonds. The number of methoxy groups -OCH3 is 1. The van der Waals surface area contributed by atoms with Crippen LogP contribution in [0.15, 0.2) is 93.9 Å². The van der Waals surface area contributed by atoms with Gasteiger partial charge in [0.15, 0.2) is 16.3 Å². The lowest BCUT2D eigenvalue weighted by atomic mass is 9.95. The van der Waals surface area contributed by atoms with Gasteiger partial charge in [-0.25, -0.2) is 9.79 Å². The number of carbonyl (C=O) groups is 1. The maximum Gasteiger partial charge on any atom is 0.338 e. The molecule has 1 aromatic heterocycles. The van der Waals surface area contributed by atoms with Gasteiger partial charge in [0, 0.05) is 5.02 Å². The molecule has 5 rings (SSSR count). The van der Waals surface area contributed by atoms with E-state index in [9.17, 15) is 9.59 Å². The zero-order valence-electron chi connectivity index (χ0n) is 22.9. The van der Waals surface area contributed by atoms with Gasteiger partial charge in [-0.2, -0.15) is 0 Å². The number of aromatic nitrogens is 1. The Bertz CT molecular complexity index is 1790. The SMILES string of the molecule is CCOc1cc(/C=c2/sc3n(c2=O)[C@@H](c2ccccc2)C(C(=O)OC)=C(CC)N=3)ccc1OCc1cccc(Cl)c1. The number of ether oxygens (including phenoxy) is 3. The first-order valence-electron chi connectivity index (χ1n) is 13.3. The van der Waals surface area contributed by atoms with Gasteiger partial charge in [0.25, 0.3) is 5.56 Å². The van der Waals surface area contributed by atoms with E-state index >= 15 is 0 Å². The number of hydrogen-bond acceptors (Lipinski definition) is 7. The van der Waals surface area contributed by atoms with E-state index in [4.69, 9.17) is 30.8 Å². The molecule has 210 valence electrons. The molecule has 2 heterocycles. The van der Waals surface area contributed by atoms with Gasteiger partial charge >= 0.3 is 5.97 Å². The fourth-order valence-corrected chi connectivity index (χ4v) is 5.99. The van der Waals surface area contributed by atoms with E-state index in [2.05, 4.69) is 0 Å². The van der Waals surface area contributed by atoms with Crippen LogP contribution in [0, 0.1) is 0 Å². The van der Waals surface area contributed by atoms with Crippen LogP contribution >= 0.6 is 22.9 Å². The van der Waals surface area contributed by atoms with Gasteiger partial charge in [0.2, 0.25) is 0 Å². The summed E-state index contributed by atoms with van der Waals surface area (Å²) in [6, 6.07) is 21.9. The predicted molar refractivity (Wildman–Crippen MR) is 160 cm³/mol. The van der Waals surface area contributed by atoms with E-state index in [1.165, 1.54) is 18.4 Å². The molecule has 0 aliphatic carbocycles. The number of rotatable bonds is 9. The summed E-state index contributed by atoms with van der Waals surface area (Å²) in [5.74, 6) is 0.660. The molecule has 0 radical (unpaired) electrons. The number of thiazole rings is 1. The topological polar surface area (TPSA) is 79.1 Å². The smallest absolute Gasteiger partial charge is 0.338 e. The molecule has 0 N–H and O–H groups in total. The number of fused-ring (bicyclic) bond motifs is 1. The van der Waals surface area contributed by atoms with Crippen molar-refractivity contribution in [2.45, 2.75) is 32.9 Å². The van der Waals surface area contributed by atoms with Gasteiger partial charge in [0.1, 0.15) is 6.61 Å². The second kappa shape index (κ2) is 12.6. The van der Waals surface area contributed by atoms with Gasteiger partial charge < -0.3 is 14.2 Å². The zero-order chi connectivity index (χ0) is 28.9. The number of benzene rings is 3. The second-order valence-electron chi connectivity index (χ2n) is 9.26. The van der Waals surface area contributed by atoms with Crippen LogP contribution in [-0.2, 0) is 16.1 Å². The Balaban J connectivity index is 1.56. The lowest BCUT2D eigenvalue weighted by Crippen LogP contribution is -2.40. The summed E-state index contributed by atoms with van der Waals surface area (Å²) in [4.78, 5) is 32.0. The molecule has 1 aliphatic rings. The van der Waals surface area contributed by atoms with Gasteiger partial charge in [-0.1, -0.05) is 78.4 Å². The summed E-state index contributed by atoms with van der Waals surface area (Å²) in [5.41, 5.74) is 3.27. The number of hydrogen-bond donors (Lipinski definition) is 0. The molecule has 1 aliphatic heterocycles. The third-order valence-corrected chi connectivity index (χ3v) is 7.83. The minimum atomic E-state index is -0.641. The minimum absolute atomic E-state index is 0.238. The molecule has 0 saturated carbocycles. The highest BCUT2D eigenvalue weighted by atomic mass is 35.5. The average molecular weight is 589 g/mol. The first-order valence-corrected chi connectivity index (χ1v) is 14.4. The third kappa shape index (κ3) is 5.99. The predicted octanol–water partition coefficient (Wildman–Crippen LogP) is 5.43. The number of carbonyl (C=O) groups excluding carboxylic acids is 1. The molecule has 3 aromatic carbocycles. The lowest BCUT2D eigenvalue weighted by molar-refractivity contribution is -0.136. The van der Waals surface area contributed by atoms with Crippen LogP contribution in [0.1, 0.15) is 43.0 Å². The Morgan fingerprint density at radius 2 is 1.83 bits per heavy atom. The molecule has 7 nitrogen and oxygen atoms in total. The van der Waals surface area contributed by atoms with Gasteiger partial charge in [-0.05, 0) is 60.4 Å². The van der Waals surface area contributed by atoms with Crippen molar-refractivity contribution in [1.29, 1.82) is 0 Å². The Labute approximate surface area is 246 Å². The van der Waals surface area contributed by atoms with Crippen molar-refractivity contribution >= 4 is 35.0 Å². The summed E-state index contributed by atoms with van der Waals surface area (Å²) < 4.78 is 19.1. The minimum Gasteiger partial charge on any atom is -0.490 e. The number of halogens is 1. The molecule has 0 bridgehead atoms. The van der Waals surface area contributed by atoms with Crippen LogP contribution < -0.4 is 24.4 Å². The Morgan fingerprint density at radius 3 is 2.54 bits per heavy atom. The molecular weight excluding hydrogens is 560 g/mol. The monoisotopic (exact) mass is 588 g/mol. The highest BCUT2D eigenvalue weighted by molar-refractivity contribution is 7.07. The van der Waals surface area contributed by atoms with Crippen molar-refractivity contribution in [3.05, 3.63) is 125 Å². The van der Waals surface area contributed by atoms with E-state index < -0.39 is 12.0 Å². The number of allylic oxidation sites excluding steroid dienone is 1. The maximum absolute atomic E-state index is 13.9. The van der Waals surface area contributed by atoms with Crippen molar-refractivity contribution in [3.8, 4) is 11.5 Å². The molecule has 1 atom stereocenters. The molecule has 4 aromatic rings. The van der Waals surface area contributed by atoms with Crippen LogP contribution in [-0.4, -0.2) is 24.3 Å². The number of nitrogens with zero attached hydrogens (tertiary/aromatic N) is 2. The van der Waals surface area contributed by atoms with E-state index in [1.807, 2.05) is 92.7 Å². The van der Waals surface area contributed by atoms with Crippen LogP contribution in [0.3, 0.4) is 0 Å². The van der Waals surface area contributed by atoms with Gasteiger partial charge in [-0.15, -0.1) is 0 Å². The van der Waals surface area contributed by atoms with E-state index in [-0.39, 0.29) is 5.56 Å². The molecule has 0 spiro atoms. The second-order valence-corrected chi connectivity index (χ2v) is 10.7. The normalized spacial score (nSPS) is 14.8. The highest BCUT2D eigenvalue weighted by Gasteiger charge is 2.33. The van der Waals surface area contributed by atoms with Crippen LogP contribution in [0.4, 0.5) is 0 Å². The molecule has 0 fully saturated rings. The molecule has 41 heavy (non-hydrogen) atoms. The van der Waals surface area contributed by atoms with Crippen molar-refractivity contribution in [2.24, 2.45) is 4.99 Å². The van der Waals surface area contributed by atoms with Crippen LogP contribution in [0.25, 0.3) is 6.08 Å². The summed E-state index contributed by atoms with van der Waals surface area (Å²) in [6.45, 7) is 4.62. The average Bonchev–Trinajstić information content (AvgIpc) is 3.30. The standard InChI is InChI=1S/C32H29ClN2O5S/c1-4-24-28(31(37)38-3)29(22-11-7-6-8-12-22)35-30(36)27(41-32(35)34-24)18-20-14-15-25(26(17-20)39-5-2)40-19-21-10-9-13-23(33)16-21/h6-18,29H,4-5,19H2,1-3H3/b27-18+/t29-/m0/s1. The first kappa shape index (κ1) is 28.4. The van der Waals surface area contributed by atoms with Crippen molar-refractivity contribution in [2.75, 3.05) is 13.7 Å². The van der Waals surface area contributed by atoms with Crippen molar-refractivity contribution < 1.29 is 19.0 Å². The van der Waals surface area contributed by atoms with Crippen LogP contribution in [0.2, 0.25) is 5.02 Å². The molecule has 9 heteroatoms. The molecular formula is C32H29ClN2O5S. The Kier molecular flexibility index (Phi) is 8.71. The fraction of sp³-hybridized carbons (Fsp3) is 0.219. The quantitative estimate of drug-likeness (QED) is 0.244. The fourth-order valence-electron chi connectivity index (χ4n) is 4.76. The maximum atomic E-state index is 13.9. The van der Waals surface area contributed by atoms with E-state index in [1.54, 1.807) is 4.57 Å². The van der Waals surface area contributed by atoms with Crippen molar-refractivity contribution in [3.63, 3.8) is 0 Å². The summed E-state index contributed by atoms with van der Waals surface area (Å²) >= 11 is 7.39. The molecule has 0 saturated heterocycles. The molecule has 0 unspecified atom stereocenters. The highest BCUT2D eigenvalue weighted by Crippen LogP contribution is 2.32. The van der Waals surface area contributed by atoms with Crippen LogP contribution in [0.5, 0.6) is 11.5 Å². The van der Waals surface area contributed by atoms with Gasteiger partial charge in [-0.3, -0.25) is 9.36 Å². The van der Waals surface area contributed by atoms with E-state index in [0.717, 1.165) is 16.7 Å². The van der Waals surface area contributed by atoms with Crippen molar-refractivity contribution in [1.82, 2.24) is 4.57 Å². The summed E-state index contributed by atoms with van der Waals surface area (Å²) in [7, 11) is 1.34.